The van der Waals surface area contributed by atoms with Gasteiger partial charge in [0.15, 0.2) is 0 Å². The average molecular weight is 538 g/mol. The van der Waals surface area contributed by atoms with Crippen LogP contribution < -0.4 is 15.6 Å². The molecule has 8 nitrogen and oxygen atoms in total. The minimum atomic E-state index is -0.466. The van der Waals surface area contributed by atoms with Crippen molar-refractivity contribution in [3.05, 3.63) is 93.4 Å². The first-order valence-electron chi connectivity index (χ1n) is 13.4. The zero-order valence-electron chi connectivity index (χ0n) is 23.9. The van der Waals surface area contributed by atoms with Crippen LogP contribution in [0.3, 0.4) is 0 Å². The van der Waals surface area contributed by atoms with Crippen LogP contribution >= 0.6 is 0 Å². The maximum atomic E-state index is 12.9. The van der Waals surface area contributed by atoms with Gasteiger partial charge in [0.2, 0.25) is 5.88 Å². The number of pyridine rings is 1. The van der Waals surface area contributed by atoms with Crippen LogP contribution in [0.2, 0.25) is 0 Å². The molecule has 40 heavy (non-hydrogen) atoms. The van der Waals surface area contributed by atoms with Gasteiger partial charge in [-0.3, -0.25) is 14.5 Å². The third-order valence-electron chi connectivity index (χ3n) is 7.56. The van der Waals surface area contributed by atoms with Crippen LogP contribution in [0.25, 0.3) is 22.4 Å². The van der Waals surface area contributed by atoms with E-state index in [4.69, 9.17) is 9.72 Å². The molecule has 0 unspecified atom stereocenters. The van der Waals surface area contributed by atoms with Crippen LogP contribution in [-0.2, 0) is 13.6 Å². The molecule has 2 aromatic carbocycles. The van der Waals surface area contributed by atoms with Gasteiger partial charge in [-0.25, -0.2) is 9.67 Å². The van der Waals surface area contributed by atoms with Crippen molar-refractivity contribution in [2.75, 3.05) is 25.5 Å². The minimum absolute atomic E-state index is 0.0433. The maximum absolute atomic E-state index is 12.9. The zero-order valence-corrected chi connectivity index (χ0v) is 23.9. The Balaban J connectivity index is 1.44. The average Bonchev–Trinajstić information content (AvgIpc) is 2.91. The molecule has 4 aromatic rings. The zero-order chi connectivity index (χ0) is 28.6. The van der Waals surface area contributed by atoms with Gasteiger partial charge in [-0.05, 0) is 59.7 Å². The fraction of sp³-hybridized carbons (Fsp3) is 0.312. The van der Waals surface area contributed by atoms with E-state index in [1.165, 1.54) is 19.3 Å². The molecule has 206 valence electrons. The molecule has 2 aromatic heterocycles. The number of nitrogens with one attached hydrogen (secondary N) is 1. The molecule has 0 bridgehead atoms. The number of nitrogens with zero attached hydrogens (tertiary/aromatic N) is 4. The Hall–Kier alpha value is -4.30. The third-order valence-corrected chi connectivity index (χ3v) is 7.56. The van der Waals surface area contributed by atoms with Crippen LogP contribution in [0.4, 0.5) is 5.69 Å². The van der Waals surface area contributed by atoms with Crippen LogP contribution in [0.5, 0.6) is 5.88 Å². The van der Waals surface area contributed by atoms with Crippen LogP contribution in [0.15, 0.2) is 65.6 Å². The third kappa shape index (κ3) is 5.27. The molecule has 0 aliphatic carbocycles. The minimum Gasteiger partial charge on any atom is -0.481 e. The van der Waals surface area contributed by atoms with Crippen molar-refractivity contribution in [2.45, 2.75) is 34.2 Å². The highest BCUT2D eigenvalue weighted by Crippen LogP contribution is 2.37. The van der Waals surface area contributed by atoms with Crippen molar-refractivity contribution in [3.8, 4) is 28.3 Å². The molecule has 3 heterocycles. The number of carbonyl (C=O) groups excluding carboxylic acids is 1. The second kappa shape index (κ2) is 10.7. The van der Waals surface area contributed by atoms with E-state index in [1.54, 1.807) is 7.11 Å². The summed E-state index contributed by atoms with van der Waals surface area (Å²) in [5.41, 5.74) is 7.56. The van der Waals surface area contributed by atoms with E-state index in [1.807, 2.05) is 31.2 Å². The monoisotopic (exact) mass is 537 g/mol. The number of methoxy groups -OCH3 is 1. The van der Waals surface area contributed by atoms with E-state index >= 15 is 0 Å². The Labute approximate surface area is 234 Å². The van der Waals surface area contributed by atoms with Gasteiger partial charge in [-0.2, -0.15) is 5.10 Å². The maximum Gasteiger partial charge on any atom is 0.279 e. The van der Waals surface area contributed by atoms with E-state index in [2.05, 4.69) is 60.4 Å². The number of benzene rings is 2. The van der Waals surface area contributed by atoms with Crippen molar-refractivity contribution in [2.24, 2.45) is 12.5 Å². The molecule has 1 fully saturated rings. The van der Waals surface area contributed by atoms with Gasteiger partial charge in [0, 0.05) is 49.7 Å². The fourth-order valence-corrected chi connectivity index (χ4v) is 5.57. The second-order valence-electron chi connectivity index (χ2n) is 11.3. The van der Waals surface area contributed by atoms with Gasteiger partial charge in [-0.15, -0.1) is 0 Å². The van der Waals surface area contributed by atoms with Crippen molar-refractivity contribution in [1.82, 2.24) is 19.7 Å². The lowest BCUT2D eigenvalue weighted by Crippen LogP contribution is -2.52. The summed E-state index contributed by atoms with van der Waals surface area (Å²) in [5.74, 6) is 0.182. The molecule has 1 amide bonds. The van der Waals surface area contributed by atoms with Crippen molar-refractivity contribution >= 4 is 11.6 Å². The van der Waals surface area contributed by atoms with Crippen LogP contribution in [0, 0.1) is 19.3 Å². The molecule has 0 spiro atoms. The summed E-state index contributed by atoms with van der Waals surface area (Å²) >= 11 is 0. The van der Waals surface area contributed by atoms with Gasteiger partial charge >= 0.3 is 0 Å². The molecule has 1 aliphatic heterocycles. The predicted molar refractivity (Wildman–Crippen MR) is 158 cm³/mol. The molecule has 0 atom stereocenters. The number of hydrogen-bond donors (Lipinski definition) is 1. The molecule has 1 aliphatic rings. The molecule has 5 rings (SSSR count). The number of likely N-dealkylation sites (tertiary alicyclic amines) is 1. The summed E-state index contributed by atoms with van der Waals surface area (Å²) in [6, 6.07) is 17.6. The topological polar surface area (TPSA) is 89.3 Å². The Kier molecular flexibility index (Phi) is 7.29. The molecule has 0 saturated carbocycles. The van der Waals surface area contributed by atoms with E-state index in [9.17, 15) is 9.59 Å². The lowest BCUT2D eigenvalue weighted by molar-refractivity contribution is 0.0235. The molecule has 0 radical (unpaired) electrons. The highest BCUT2D eigenvalue weighted by Gasteiger charge is 2.34. The van der Waals surface area contributed by atoms with Gasteiger partial charge in [-0.1, -0.05) is 50.2 Å². The number of ether oxygens (including phenoxy) is 1. The predicted octanol–water partition coefficient (Wildman–Crippen LogP) is 5.23. The first kappa shape index (κ1) is 27.3. The number of rotatable bonds is 7. The molecular formula is C32H35N5O3. The van der Waals surface area contributed by atoms with Crippen molar-refractivity contribution in [1.29, 1.82) is 0 Å². The van der Waals surface area contributed by atoms with Gasteiger partial charge in [0.05, 0.1) is 12.8 Å². The summed E-state index contributed by atoms with van der Waals surface area (Å²) in [6.07, 6.45) is 1.44. The van der Waals surface area contributed by atoms with Crippen LogP contribution in [0.1, 0.15) is 40.9 Å². The second-order valence-corrected chi connectivity index (χ2v) is 11.3. The SMILES string of the molecule is COc1nc(-c2cccc(-c3cccc(NC(=O)c4ccnn(C)c4=O)c3C)c2C)ccc1CN1CC(C)(C)C1. The Morgan fingerprint density at radius 3 is 2.35 bits per heavy atom. The summed E-state index contributed by atoms with van der Waals surface area (Å²) in [7, 11) is 3.19. The quantitative estimate of drug-likeness (QED) is 0.347. The van der Waals surface area contributed by atoms with Crippen LogP contribution in [-0.4, -0.2) is 45.8 Å². The summed E-state index contributed by atoms with van der Waals surface area (Å²) in [5, 5.41) is 6.80. The van der Waals surface area contributed by atoms with Gasteiger partial charge in [0.25, 0.3) is 11.5 Å². The Morgan fingerprint density at radius 1 is 0.975 bits per heavy atom. The number of hydrogen-bond acceptors (Lipinski definition) is 6. The summed E-state index contributed by atoms with van der Waals surface area (Å²) in [6.45, 7) is 11.6. The Bertz CT molecular complexity index is 1650. The number of amides is 1. The summed E-state index contributed by atoms with van der Waals surface area (Å²) in [4.78, 5) is 32.6. The lowest BCUT2D eigenvalue weighted by Gasteiger charge is -2.46. The van der Waals surface area contributed by atoms with E-state index in [-0.39, 0.29) is 5.56 Å². The lowest BCUT2D eigenvalue weighted by atomic mass is 9.84. The first-order chi connectivity index (χ1) is 19.1. The molecular weight excluding hydrogens is 502 g/mol. The fourth-order valence-electron chi connectivity index (χ4n) is 5.57. The van der Waals surface area contributed by atoms with E-state index in [0.29, 0.717) is 17.0 Å². The van der Waals surface area contributed by atoms with E-state index in [0.717, 1.165) is 63.4 Å². The highest BCUT2D eigenvalue weighted by atomic mass is 16.5. The highest BCUT2D eigenvalue weighted by molar-refractivity contribution is 6.04. The standard InChI is InChI=1S/C32H35N5O3/c1-20-23(24-10-8-12-27(21(24)2)34-29(38)26-15-16-33-36(5)31(26)39)9-7-11-25(20)28-14-13-22(30(35-28)40-6)17-37-18-32(3,4)19-37/h7-16H,17-19H2,1-6H3,(H,34,38). The number of aryl methyl sites for hydroxylation is 1. The van der Waals surface area contributed by atoms with Gasteiger partial charge < -0.3 is 10.1 Å². The number of anilines is 1. The normalized spacial score (nSPS) is 14.4. The Morgan fingerprint density at radius 2 is 1.65 bits per heavy atom. The van der Waals surface area contributed by atoms with Crippen molar-refractivity contribution < 1.29 is 9.53 Å². The number of aromatic nitrogens is 3. The molecule has 1 N–H and O–H groups in total. The smallest absolute Gasteiger partial charge is 0.279 e. The van der Waals surface area contributed by atoms with Crippen molar-refractivity contribution in [3.63, 3.8) is 0 Å². The first-order valence-corrected chi connectivity index (χ1v) is 13.4. The largest absolute Gasteiger partial charge is 0.481 e. The molecule has 8 heteroatoms. The van der Waals surface area contributed by atoms with E-state index < -0.39 is 11.5 Å². The summed E-state index contributed by atoms with van der Waals surface area (Å²) < 4.78 is 6.85. The van der Waals surface area contributed by atoms with Gasteiger partial charge in [0.1, 0.15) is 5.56 Å². The molecule has 1 saturated heterocycles. The number of carbonyl (C=O) groups is 1.